The fourth-order valence-corrected chi connectivity index (χ4v) is 1.73. The van der Waals surface area contributed by atoms with Crippen molar-refractivity contribution in [2.75, 3.05) is 6.61 Å². The van der Waals surface area contributed by atoms with Gasteiger partial charge in [0.25, 0.3) is 5.69 Å². The summed E-state index contributed by atoms with van der Waals surface area (Å²) < 4.78 is 4.74. The Hall–Kier alpha value is -2.07. The number of nitrogens with zero attached hydrogens (tertiary/aromatic N) is 2. The first-order valence-electron chi connectivity index (χ1n) is 5.05. The first-order valence-corrected chi connectivity index (χ1v) is 5.50. The predicted octanol–water partition coefficient (Wildman–Crippen LogP) is 1.86. The van der Waals surface area contributed by atoms with Crippen LogP contribution in [-0.4, -0.2) is 17.5 Å². The highest BCUT2D eigenvalue weighted by Crippen LogP contribution is 2.26. The van der Waals surface area contributed by atoms with Crippen molar-refractivity contribution in [3.8, 4) is 6.07 Å². The summed E-state index contributed by atoms with van der Waals surface area (Å²) in [6.45, 7) is 1.87. The second-order valence-corrected chi connectivity index (χ2v) is 3.87. The summed E-state index contributed by atoms with van der Waals surface area (Å²) in [4.78, 5) is 21.8. The van der Waals surface area contributed by atoms with Gasteiger partial charge in [0.05, 0.1) is 18.0 Å². The molecule has 0 amide bonds. The van der Waals surface area contributed by atoms with Crippen molar-refractivity contribution in [2.45, 2.75) is 18.2 Å². The number of thiol groups is 1. The third-order valence-electron chi connectivity index (χ3n) is 2.13. The summed E-state index contributed by atoms with van der Waals surface area (Å²) in [5, 5.41) is 19.8. The molecule has 0 fully saturated rings. The number of hydrogen-bond donors (Lipinski definition) is 1. The molecule has 0 aliphatic rings. The number of hydrogen-bond acceptors (Lipinski definition) is 6. The Morgan fingerprint density at radius 1 is 1.61 bits per heavy atom. The van der Waals surface area contributed by atoms with Gasteiger partial charge < -0.3 is 4.74 Å². The van der Waals surface area contributed by atoms with Crippen LogP contribution in [-0.2, 0) is 16.0 Å². The zero-order valence-electron chi connectivity index (χ0n) is 9.54. The summed E-state index contributed by atoms with van der Waals surface area (Å²) >= 11 is 4.01. The highest BCUT2D eigenvalue weighted by molar-refractivity contribution is 7.80. The molecular weight excluding hydrogens is 256 g/mol. The molecule has 1 rings (SSSR count). The molecule has 0 aromatic heterocycles. The summed E-state index contributed by atoms with van der Waals surface area (Å²) in [5.74, 6) is -0.540. The second-order valence-electron chi connectivity index (χ2n) is 3.35. The highest BCUT2D eigenvalue weighted by atomic mass is 32.1. The van der Waals surface area contributed by atoms with Crippen LogP contribution in [0.3, 0.4) is 0 Å². The van der Waals surface area contributed by atoms with E-state index < -0.39 is 10.9 Å². The molecule has 1 aromatic rings. The fraction of sp³-hybridized carbons (Fsp3) is 0.273. The van der Waals surface area contributed by atoms with Crippen molar-refractivity contribution in [1.82, 2.24) is 0 Å². The van der Waals surface area contributed by atoms with E-state index in [1.54, 1.807) is 13.0 Å². The van der Waals surface area contributed by atoms with Crippen LogP contribution in [0.1, 0.15) is 18.1 Å². The lowest BCUT2D eigenvalue weighted by molar-refractivity contribution is -0.385. The van der Waals surface area contributed by atoms with Gasteiger partial charge in [-0.1, -0.05) is 0 Å². The monoisotopic (exact) mass is 266 g/mol. The number of carbonyl (C=O) groups excluding carboxylic acids is 1. The minimum Gasteiger partial charge on any atom is -0.466 e. The highest BCUT2D eigenvalue weighted by Gasteiger charge is 2.20. The Kier molecular flexibility index (Phi) is 4.68. The topological polar surface area (TPSA) is 93.2 Å². The van der Waals surface area contributed by atoms with Crippen LogP contribution in [0, 0.1) is 21.4 Å². The van der Waals surface area contributed by atoms with Gasteiger partial charge in [-0.3, -0.25) is 14.9 Å². The lowest BCUT2D eigenvalue weighted by atomic mass is 10.0. The van der Waals surface area contributed by atoms with E-state index in [0.717, 1.165) is 0 Å². The van der Waals surface area contributed by atoms with Crippen molar-refractivity contribution < 1.29 is 14.5 Å². The molecule has 0 bridgehead atoms. The van der Waals surface area contributed by atoms with Crippen LogP contribution in [0.2, 0.25) is 0 Å². The molecule has 0 saturated heterocycles. The quantitative estimate of drug-likeness (QED) is 0.388. The smallest absolute Gasteiger partial charge is 0.310 e. The first kappa shape index (κ1) is 14.0. The number of nitriles is 1. The van der Waals surface area contributed by atoms with E-state index in [4.69, 9.17) is 10.00 Å². The normalized spacial score (nSPS) is 9.61. The fourth-order valence-electron chi connectivity index (χ4n) is 1.45. The van der Waals surface area contributed by atoms with E-state index in [1.165, 1.54) is 12.1 Å². The second kappa shape index (κ2) is 6.02. The SMILES string of the molecule is CCOC(=O)Cc1cc(S)cc([N+](=O)[O-])c1C#N. The standard InChI is InChI=1S/C11H10N2O4S/c1-2-17-11(14)4-7-3-8(18)5-10(13(15)16)9(7)6-12/h3,5,18H,2,4H2,1H3. The third-order valence-corrected chi connectivity index (χ3v) is 2.39. The molecule has 1 aromatic carbocycles. The number of carbonyl (C=O) groups is 1. The molecule has 18 heavy (non-hydrogen) atoms. The van der Waals surface area contributed by atoms with Gasteiger partial charge in [-0.05, 0) is 18.6 Å². The number of nitro benzene ring substituents is 1. The number of rotatable bonds is 4. The zero-order chi connectivity index (χ0) is 13.7. The Morgan fingerprint density at radius 3 is 2.78 bits per heavy atom. The van der Waals surface area contributed by atoms with Gasteiger partial charge in [-0.25, -0.2) is 0 Å². The van der Waals surface area contributed by atoms with Gasteiger partial charge >= 0.3 is 5.97 Å². The van der Waals surface area contributed by atoms with Crippen molar-refractivity contribution in [3.63, 3.8) is 0 Å². The van der Waals surface area contributed by atoms with Gasteiger partial charge in [0, 0.05) is 11.0 Å². The van der Waals surface area contributed by atoms with Crippen molar-refractivity contribution in [2.24, 2.45) is 0 Å². The lowest BCUT2D eigenvalue weighted by Crippen LogP contribution is -2.09. The maximum Gasteiger partial charge on any atom is 0.310 e. The number of benzene rings is 1. The molecule has 0 aliphatic carbocycles. The number of ether oxygens (including phenoxy) is 1. The van der Waals surface area contributed by atoms with Crippen molar-refractivity contribution in [1.29, 1.82) is 5.26 Å². The summed E-state index contributed by atoms with van der Waals surface area (Å²) in [6.07, 6.45) is -0.189. The lowest BCUT2D eigenvalue weighted by Gasteiger charge is -2.05. The average molecular weight is 266 g/mol. The Labute approximate surface area is 109 Å². The molecule has 0 unspecified atom stereocenters. The molecule has 0 aliphatic heterocycles. The van der Waals surface area contributed by atoms with Crippen LogP contribution < -0.4 is 0 Å². The molecule has 0 atom stereocenters. The van der Waals surface area contributed by atoms with Gasteiger partial charge in [0.15, 0.2) is 0 Å². The van der Waals surface area contributed by atoms with Gasteiger partial charge in [0.2, 0.25) is 0 Å². The van der Waals surface area contributed by atoms with E-state index in [1.807, 2.05) is 0 Å². The molecule has 6 nitrogen and oxygen atoms in total. The molecule has 0 heterocycles. The van der Waals surface area contributed by atoms with Crippen LogP contribution in [0.15, 0.2) is 17.0 Å². The van der Waals surface area contributed by atoms with Crippen molar-refractivity contribution >= 4 is 24.3 Å². The largest absolute Gasteiger partial charge is 0.466 e. The van der Waals surface area contributed by atoms with Gasteiger partial charge in [0.1, 0.15) is 11.6 Å². The zero-order valence-corrected chi connectivity index (χ0v) is 10.4. The third kappa shape index (κ3) is 3.21. The molecule has 0 radical (unpaired) electrons. The molecule has 0 saturated carbocycles. The average Bonchev–Trinajstić information content (AvgIpc) is 2.28. The molecular formula is C11H10N2O4S. The van der Waals surface area contributed by atoms with E-state index in [2.05, 4.69) is 12.6 Å². The molecule has 7 heteroatoms. The molecule has 0 N–H and O–H groups in total. The van der Waals surface area contributed by atoms with Crippen molar-refractivity contribution in [3.05, 3.63) is 33.4 Å². The van der Waals surface area contributed by atoms with Crippen LogP contribution in [0.5, 0.6) is 0 Å². The number of esters is 1. The van der Waals surface area contributed by atoms with Gasteiger partial charge in [-0.2, -0.15) is 5.26 Å². The summed E-state index contributed by atoms with van der Waals surface area (Å²) in [5.41, 5.74) is -0.245. The van der Waals surface area contributed by atoms with Crippen LogP contribution >= 0.6 is 12.6 Å². The Balaban J connectivity index is 3.23. The van der Waals surface area contributed by atoms with E-state index in [0.29, 0.717) is 4.90 Å². The van der Waals surface area contributed by atoms with Crippen LogP contribution in [0.25, 0.3) is 0 Å². The summed E-state index contributed by atoms with van der Waals surface area (Å²) in [6, 6.07) is 4.36. The van der Waals surface area contributed by atoms with E-state index in [9.17, 15) is 14.9 Å². The predicted molar refractivity (Wildman–Crippen MR) is 65.4 cm³/mol. The maximum absolute atomic E-state index is 11.3. The van der Waals surface area contributed by atoms with Crippen LogP contribution in [0.4, 0.5) is 5.69 Å². The number of nitro groups is 1. The Morgan fingerprint density at radius 2 is 2.28 bits per heavy atom. The minimum atomic E-state index is -0.674. The van der Waals surface area contributed by atoms with E-state index >= 15 is 0 Å². The first-order chi connectivity index (χ1) is 8.49. The maximum atomic E-state index is 11.3. The molecule has 0 spiro atoms. The minimum absolute atomic E-state index is 0.133. The van der Waals surface area contributed by atoms with Gasteiger partial charge in [-0.15, -0.1) is 12.6 Å². The Bertz CT molecular complexity index is 537. The molecule has 94 valence electrons. The summed E-state index contributed by atoms with van der Waals surface area (Å²) in [7, 11) is 0. The van der Waals surface area contributed by atoms with E-state index in [-0.39, 0.29) is 29.8 Å².